The highest BCUT2D eigenvalue weighted by Gasteiger charge is 2.39. The van der Waals surface area contributed by atoms with E-state index in [4.69, 9.17) is 18.5 Å². The van der Waals surface area contributed by atoms with Gasteiger partial charge in [0.1, 0.15) is 45.2 Å². The molecular formula is C50H57F6N17O5. The molecule has 22 nitrogen and oxygen atoms in total. The Morgan fingerprint density at radius 3 is 1.88 bits per heavy atom. The maximum absolute atomic E-state index is 14.4. The van der Waals surface area contributed by atoms with Gasteiger partial charge in [0.15, 0.2) is 17.5 Å². The number of ether oxygens (including phenoxy) is 2. The summed E-state index contributed by atoms with van der Waals surface area (Å²) in [6.45, 7) is 9.94. The number of aryl methyl sites for hydroxylation is 2. The molecule has 0 radical (unpaired) electrons. The molecule has 1 saturated carbocycles. The Kier molecular flexibility index (Phi) is 15.6. The van der Waals surface area contributed by atoms with E-state index in [9.17, 15) is 31.1 Å². The minimum Gasteiger partial charge on any atom is -0.444 e. The van der Waals surface area contributed by atoms with E-state index >= 15 is 0 Å². The second kappa shape index (κ2) is 22.2. The minimum atomic E-state index is -4.76. The fraction of sp³-hybridized carbons (Fsp3) is 0.500. The maximum Gasteiger partial charge on any atom is 0.420 e. The number of carbonyl (C=O) groups excluding carboxylic acids is 1. The van der Waals surface area contributed by atoms with Crippen molar-refractivity contribution in [2.24, 2.45) is 0 Å². The number of halogens is 6. The third kappa shape index (κ3) is 12.3. The average molecular weight is 1090 g/mol. The Morgan fingerprint density at radius 1 is 0.692 bits per heavy atom. The highest BCUT2D eigenvalue weighted by atomic mass is 19.4. The monoisotopic (exact) mass is 1090 g/mol. The van der Waals surface area contributed by atoms with Gasteiger partial charge in [-0.3, -0.25) is 5.10 Å². The van der Waals surface area contributed by atoms with E-state index in [1.165, 1.54) is 4.68 Å². The minimum absolute atomic E-state index is 0. The predicted octanol–water partition coefficient (Wildman–Crippen LogP) is 10.9. The zero-order valence-corrected chi connectivity index (χ0v) is 42.5. The quantitative estimate of drug-likeness (QED) is 0.113. The van der Waals surface area contributed by atoms with Crippen LogP contribution in [0.4, 0.5) is 43.0 Å². The summed E-state index contributed by atoms with van der Waals surface area (Å²) in [5.74, 6) is 1.38. The van der Waals surface area contributed by atoms with Crippen molar-refractivity contribution in [3.05, 3.63) is 59.6 Å². The average Bonchev–Trinajstić information content (AvgIpc) is 4.32. The topological polar surface area (TPSA) is 265 Å². The molecule has 3 fully saturated rings. The number of hydrogen-bond donors (Lipinski definition) is 3. The summed E-state index contributed by atoms with van der Waals surface area (Å²) in [5.41, 5.74) is -1.94. The fourth-order valence-electron chi connectivity index (χ4n) is 9.33. The second-order valence-corrected chi connectivity index (χ2v) is 19.9. The molecule has 1 amide bonds. The van der Waals surface area contributed by atoms with Crippen molar-refractivity contribution in [3.8, 4) is 45.8 Å². The molecular weight excluding hydrogens is 1030 g/mol. The Morgan fingerprint density at radius 2 is 1.28 bits per heavy atom. The van der Waals surface area contributed by atoms with Crippen molar-refractivity contribution in [1.82, 2.24) is 75.1 Å². The summed E-state index contributed by atoms with van der Waals surface area (Å²) in [6.07, 6.45) is 0.0623. The van der Waals surface area contributed by atoms with Crippen LogP contribution in [-0.4, -0.2) is 119 Å². The molecule has 1 aliphatic carbocycles. The van der Waals surface area contributed by atoms with Gasteiger partial charge in [-0.15, -0.1) is 0 Å². The lowest BCUT2D eigenvalue weighted by Gasteiger charge is -2.34. The van der Waals surface area contributed by atoms with Crippen molar-refractivity contribution >= 4 is 40.1 Å². The first-order chi connectivity index (χ1) is 36.7. The van der Waals surface area contributed by atoms with Crippen LogP contribution in [0.15, 0.2) is 45.7 Å². The van der Waals surface area contributed by atoms with Crippen LogP contribution in [-0.2, 0) is 21.8 Å². The second-order valence-electron chi connectivity index (χ2n) is 19.9. The Hall–Kier alpha value is -7.91. The molecule has 3 aliphatic rings. The SMILES string of the molecule is C.Cc1nc(-c2ccc3c(-c4nc(NC5CCCCC5)ncc4C(F)(F)F)[nH]nc3n2)no1.Cc1nc(-c2ccc3c(-c4nc(N[C@H]5CCCN(C(=O)OC(C)(C)C)C5)ncc4C(F)(F)F)nn(C4CCCCO4)c3n2)no1. The molecule has 414 valence electrons. The Balaban J connectivity index is 0.000000198. The van der Waals surface area contributed by atoms with E-state index in [1.54, 1.807) is 63.8 Å². The molecule has 2 aliphatic heterocycles. The summed E-state index contributed by atoms with van der Waals surface area (Å²) in [5, 5.41) is 26.2. The van der Waals surface area contributed by atoms with Gasteiger partial charge in [-0.05, 0) is 90.0 Å². The first-order valence-corrected chi connectivity index (χ1v) is 25.1. The van der Waals surface area contributed by atoms with Gasteiger partial charge in [-0.2, -0.15) is 46.5 Å². The van der Waals surface area contributed by atoms with Crippen molar-refractivity contribution in [3.63, 3.8) is 0 Å². The Bertz CT molecular complexity index is 3390. The first kappa shape index (κ1) is 54.9. The summed E-state index contributed by atoms with van der Waals surface area (Å²) in [4.78, 5) is 48.1. The molecule has 10 heterocycles. The van der Waals surface area contributed by atoms with E-state index in [0.717, 1.165) is 57.3 Å². The largest absolute Gasteiger partial charge is 0.444 e. The van der Waals surface area contributed by atoms with Gasteiger partial charge < -0.3 is 34.1 Å². The lowest BCUT2D eigenvalue weighted by atomic mass is 9.96. The van der Waals surface area contributed by atoms with E-state index < -0.39 is 47.1 Å². The lowest BCUT2D eigenvalue weighted by molar-refractivity contribution is -0.138. The van der Waals surface area contributed by atoms with Crippen molar-refractivity contribution < 1.29 is 49.7 Å². The van der Waals surface area contributed by atoms with Crippen LogP contribution < -0.4 is 10.6 Å². The molecule has 1 unspecified atom stereocenters. The molecule has 3 N–H and O–H groups in total. The molecule has 0 spiro atoms. The van der Waals surface area contributed by atoms with Crippen LogP contribution in [0.1, 0.15) is 122 Å². The highest BCUT2D eigenvalue weighted by molar-refractivity contribution is 5.93. The summed E-state index contributed by atoms with van der Waals surface area (Å²) in [6, 6.07) is 6.28. The maximum atomic E-state index is 14.4. The molecule has 0 aromatic carbocycles. The van der Waals surface area contributed by atoms with Crippen LogP contribution in [0, 0.1) is 13.8 Å². The number of rotatable bonds is 9. The van der Waals surface area contributed by atoms with Crippen LogP contribution in [0.2, 0.25) is 0 Å². The standard InChI is InChI=1S/C29H34F3N9O4.C20H19F3N8O.CH4/c1-16-34-24(39-45-16)20-11-10-18-22(38-41(25(18)36-20)21-9-5-6-13-43-21)23-19(29(30,31)32)14-33-26(37-23)35-17-8-7-12-40(15-17)27(42)44-28(2,3)4;1-10-25-18(31-32-10)14-8-7-12-15(29-30-17(12)27-14)16-13(20(21,22)23)9-24-19(28-16)26-11-5-3-2-4-6-11;/h10-11,14,17,21H,5-9,12-13,15H2,1-4H3,(H,33,35,37);7-9,11H,2-6H2,1H3,(H,24,26,28)(H,27,29,30);1H4/t17-,21?;;/m0../s1. The number of amides is 1. The molecule has 0 bridgehead atoms. The van der Waals surface area contributed by atoms with E-state index in [2.05, 4.69) is 76.1 Å². The summed E-state index contributed by atoms with van der Waals surface area (Å²) >= 11 is 0. The number of alkyl halides is 6. The summed E-state index contributed by atoms with van der Waals surface area (Å²) < 4.78 is 107. The molecule has 28 heteroatoms. The van der Waals surface area contributed by atoms with Gasteiger partial charge in [-0.1, -0.05) is 37.0 Å². The van der Waals surface area contributed by atoms with Gasteiger partial charge in [0.2, 0.25) is 35.3 Å². The highest BCUT2D eigenvalue weighted by Crippen LogP contribution is 2.41. The van der Waals surface area contributed by atoms with Crippen LogP contribution in [0.25, 0.3) is 67.9 Å². The lowest BCUT2D eigenvalue weighted by Crippen LogP contribution is -2.47. The molecule has 2 atom stereocenters. The molecule has 78 heavy (non-hydrogen) atoms. The fourth-order valence-corrected chi connectivity index (χ4v) is 9.33. The zero-order valence-electron chi connectivity index (χ0n) is 42.5. The molecule has 8 aromatic heterocycles. The number of hydrogen-bond acceptors (Lipinski definition) is 19. The number of likely N-dealkylation sites (tertiary alicyclic amines) is 1. The van der Waals surface area contributed by atoms with Crippen molar-refractivity contribution in [2.75, 3.05) is 30.3 Å². The van der Waals surface area contributed by atoms with Crippen LogP contribution >= 0.6 is 0 Å². The number of fused-ring (bicyclic) bond motifs is 2. The number of nitrogens with one attached hydrogen (secondary N) is 3. The third-order valence-electron chi connectivity index (χ3n) is 12.9. The summed E-state index contributed by atoms with van der Waals surface area (Å²) in [7, 11) is 0. The van der Waals surface area contributed by atoms with Gasteiger partial charge in [0.25, 0.3) is 0 Å². The molecule has 11 rings (SSSR count). The van der Waals surface area contributed by atoms with Gasteiger partial charge >= 0.3 is 18.4 Å². The van der Waals surface area contributed by atoms with Gasteiger partial charge in [0, 0.05) is 68.8 Å². The van der Waals surface area contributed by atoms with Crippen LogP contribution in [0.3, 0.4) is 0 Å². The van der Waals surface area contributed by atoms with Crippen LogP contribution in [0.5, 0.6) is 0 Å². The number of nitrogens with zero attached hydrogens (tertiary/aromatic N) is 14. The number of anilines is 2. The first-order valence-electron chi connectivity index (χ1n) is 25.1. The van der Waals surface area contributed by atoms with Gasteiger partial charge in [-0.25, -0.2) is 39.4 Å². The zero-order chi connectivity index (χ0) is 54.2. The third-order valence-corrected chi connectivity index (χ3v) is 12.9. The van der Waals surface area contributed by atoms with E-state index in [-0.39, 0.29) is 72.3 Å². The number of pyridine rings is 2. The smallest absolute Gasteiger partial charge is 0.420 e. The van der Waals surface area contributed by atoms with E-state index in [0.29, 0.717) is 72.0 Å². The number of aromatic nitrogens is 14. The number of carbonyl (C=O) groups is 1. The molecule has 8 aromatic rings. The number of H-pyrrole nitrogens is 1. The van der Waals surface area contributed by atoms with Crippen molar-refractivity contribution in [1.29, 1.82) is 0 Å². The Labute approximate surface area is 441 Å². The van der Waals surface area contributed by atoms with E-state index in [1.807, 2.05) is 0 Å². The number of aromatic amines is 1. The normalized spacial score (nSPS) is 17.6. The predicted molar refractivity (Wildman–Crippen MR) is 270 cm³/mol. The molecule has 2 saturated heterocycles. The number of piperidine rings is 1. The van der Waals surface area contributed by atoms with Crippen molar-refractivity contribution in [2.45, 2.75) is 143 Å². The van der Waals surface area contributed by atoms with Gasteiger partial charge in [0.05, 0.1) is 5.69 Å².